The van der Waals surface area contributed by atoms with Crippen LogP contribution in [0.1, 0.15) is 16.8 Å². The average molecular weight is 432 g/mol. The number of carbonyl (C=O) groups is 1. The van der Waals surface area contributed by atoms with E-state index in [1.165, 1.54) is 22.9 Å². The number of benzene rings is 2. The number of H-pyrrole nitrogens is 1. The largest absolute Gasteiger partial charge is 0.337 e. The molecule has 1 aliphatic heterocycles. The number of fused-ring (bicyclic) bond motifs is 1. The molecule has 2 aromatic heterocycles. The Kier molecular flexibility index (Phi) is 5.02. The summed E-state index contributed by atoms with van der Waals surface area (Å²) in [5, 5.41) is 12.0. The third-order valence-corrected chi connectivity index (χ3v) is 5.84. The molecule has 0 unspecified atom stereocenters. The predicted octanol–water partition coefficient (Wildman–Crippen LogP) is 2.35. The number of carbonyl (C=O) groups excluding carboxylic acids is 1. The molecule has 1 atom stereocenters. The Labute approximate surface area is 182 Å². The van der Waals surface area contributed by atoms with Crippen molar-refractivity contribution in [3.8, 4) is 16.9 Å². The number of hydrogen-bond acceptors (Lipinski definition) is 5. The van der Waals surface area contributed by atoms with Crippen molar-refractivity contribution in [1.82, 2.24) is 30.2 Å². The van der Waals surface area contributed by atoms with Gasteiger partial charge < -0.3 is 15.2 Å². The lowest BCUT2D eigenvalue weighted by molar-refractivity contribution is 0.0789. The SMILES string of the molecule is CN[C@@H]1CCN(C(=O)c2ccc(-n3cc(-c4cc5cc(F)ccc5[nH]c4=O)nn3)cc2)C1. The molecular weight excluding hydrogens is 411 g/mol. The molecule has 2 N–H and O–H groups in total. The summed E-state index contributed by atoms with van der Waals surface area (Å²) in [6, 6.07) is 13.2. The molecule has 0 spiro atoms. The number of nitrogens with zero attached hydrogens (tertiary/aromatic N) is 4. The molecule has 2 aromatic carbocycles. The summed E-state index contributed by atoms with van der Waals surface area (Å²) in [4.78, 5) is 29.8. The summed E-state index contributed by atoms with van der Waals surface area (Å²) >= 11 is 0. The molecular formula is C23H21FN6O2. The summed E-state index contributed by atoms with van der Waals surface area (Å²) in [7, 11) is 1.91. The Morgan fingerprint density at radius 2 is 2.00 bits per heavy atom. The summed E-state index contributed by atoms with van der Waals surface area (Å²) < 4.78 is 15.1. The monoisotopic (exact) mass is 432 g/mol. The predicted molar refractivity (Wildman–Crippen MR) is 118 cm³/mol. The van der Waals surface area contributed by atoms with Crippen molar-refractivity contribution in [3.05, 3.63) is 76.5 Å². The van der Waals surface area contributed by atoms with E-state index < -0.39 is 0 Å². The number of amides is 1. The zero-order valence-corrected chi connectivity index (χ0v) is 17.4. The van der Waals surface area contributed by atoms with Gasteiger partial charge in [-0.1, -0.05) is 5.21 Å². The number of aromatic nitrogens is 4. The number of aromatic amines is 1. The number of likely N-dealkylation sites (N-methyl/N-ethyl adjacent to an activating group) is 1. The lowest BCUT2D eigenvalue weighted by Gasteiger charge is -2.16. The Morgan fingerprint density at radius 1 is 1.19 bits per heavy atom. The summed E-state index contributed by atoms with van der Waals surface area (Å²) in [6.07, 6.45) is 2.58. The van der Waals surface area contributed by atoms with E-state index in [0.717, 1.165) is 13.0 Å². The van der Waals surface area contributed by atoms with Crippen LogP contribution in [0.15, 0.2) is 59.5 Å². The molecule has 1 aliphatic rings. The van der Waals surface area contributed by atoms with E-state index in [1.54, 1.807) is 36.5 Å². The summed E-state index contributed by atoms with van der Waals surface area (Å²) in [6.45, 7) is 1.44. The molecule has 162 valence electrons. The Morgan fingerprint density at radius 3 is 2.75 bits per heavy atom. The molecule has 5 rings (SSSR count). The van der Waals surface area contributed by atoms with Crippen LogP contribution in [0.5, 0.6) is 0 Å². The molecule has 0 bridgehead atoms. The molecule has 9 heteroatoms. The van der Waals surface area contributed by atoms with Gasteiger partial charge in [0.2, 0.25) is 0 Å². The van der Waals surface area contributed by atoms with Gasteiger partial charge in [-0.25, -0.2) is 9.07 Å². The lowest BCUT2D eigenvalue weighted by Crippen LogP contribution is -2.33. The maximum atomic E-state index is 13.6. The maximum Gasteiger partial charge on any atom is 0.258 e. The van der Waals surface area contributed by atoms with E-state index in [9.17, 15) is 14.0 Å². The maximum absolute atomic E-state index is 13.6. The Bertz CT molecular complexity index is 1360. The number of rotatable bonds is 4. The van der Waals surface area contributed by atoms with Crippen molar-refractivity contribution >= 4 is 16.8 Å². The van der Waals surface area contributed by atoms with Crippen LogP contribution in [0.25, 0.3) is 27.8 Å². The minimum absolute atomic E-state index is 0.00325. The van der Waals surface area contributed by atoms with Crippen molar-refractivity contribution in [2.45, 2.75) is 12.5 Å². The van der Waals surface area contributed by atoms with Crippen LogP contribution in [-0.4, -0.2) is 57.0 Å². The van der Waals surface area contributed by atoms with Crippen molar-refractivity contribution in [2.75, 3.05) is 20.1 Å². The Balaban J connectivity index is 1.39. The van der Waals surface area contributed by atoms with Gasteiger partial charge in [0.1, 0.15) is 11.5 Å². The van der Waals surface area contributed by atoms with E-state index in [1.807, 2.05) is 11.9 Å². The first-order chi connectivity index (χ1) is 15.5. The van der Waals surface area contributed by atoms with Crippen molar-refractivity contribution < 1.29 is 9.18 Å². The molecule has 4 aromatic rings. The standard InChI is InChI=1S/C23H21FN6O2/c1-25-17-8-9-29(12-17)23(32)14-2-5-18(6-3-14)30-13-21(27-28-30)19-11-15-10-16(24)4-7-20(15)26-22(19)31/h2-7,10-11,13,17,25H,8-9,12H2,1H3,(H,26,31)/t17-/m1/s1. The number of likely N-dealkylation sites (tertiary alicyclic amines) is 1. The molecule has 1 amide bonds. The number of pyridine rings is 1. The fourth-order valence-electron chi connectivity index (χ4n) is 4.00. The Hall–Kier alpha value is -3.85. The minimum Gasteiger partial charge on any atom is -0.337 e. The fraction of sp³-hybridized carbons (Fsp3) is 0.217. The van der Waals surface area contributed by atoms with Crippen molar-refractivity contribution in [1.29, 1.82) is 0 Å². The average Bonchev–Trinajstić information content (AvgIpc) is 3.48. The molecule has 1 saturated heterocycles. The highest BCUT2D eigenvalue weighted by molar-refractivity contribution is 5.94. The third kappa shape index (κ3) is 3.67. The van der Waals surface area contributed by atoms with Gasteiger partial charge in [0.25, 0.3) is 11.5 Å². The van der Waals surface area contributed by atoms with E-state index in [2.05, 4.69) is 20.6 Å². The van der Waals surface area contributed by atoms with E-state index in [4.69, 9.17) is 0 Å². The summed E-state index contributed by atoms with van der Waals surface area (Å²) in [5.41, 5.74) is 2.20. The van der Waals surface area contributed by atoms with Gasteiger partial charge in [-0.05, 0) is 62.0 Å². The number of nitrogens with one attached hydrogen (secondary N) is 2. The number of halogens is 1. The van der Waals surface area contributed by atoms with Gasteiger partial charge in [0, 0.05) is 35.6 Å². The van der Waals surface area contributed by atoms with Crippen LogP contribution in [-0.2, 0) is 0 Å². The van der Waals surface area contributed by atoms with Crippen LogP contribution in [0.2, 0.25) is 0 Å². The normalized spacial score (nSPS) is 16.1. The topological polar surface area (TPSA) is 95.9 Å². The second-order valence-corrected chi connectivity index (χ2v) is 7.86. The molecule has 0 saturated carbocycles. The van der Waals surface area contributed by atoms with Crippen LogP contribution >= 0.6 is 0 Å². The van der Waals surface area contributed by atoms with Gasteiger partial charge in [-0.2, -0.15) is 0 Å². The van der Waals surface area contributed by atoms with Gasteiger partial charge in [0.15, 0.2) is 0 Å². The molecule has 1 fully saturated rings. The smallest absolute Gasteiger partial charge is 0.258 e. The van der Waals surface area contributed by atoms with E-state index in [-0.39, 0.29) is 17.3 Å². The van der Waals surface area contributed by atoms with Crippen LogP contribution < -0.4 is 10.9 Å². The highest BCUT2D eigenvalue weighted by Gasteiger charge is 2.25. The van der Waals surface area contributed by atoms with Crippen LogP contribution in [0, 0.1) is 5.82 Å². The van der Waals surface area contributed by atoms with Gasteiger partial charge in [0.05, 0.1) is 17.4 Å². The molecule has 0 aliphatic carbocycles. The highest BCUT2D eigenvalue weighted by Crippen LogP contribution is 2.20. The zero-order valence-electron chi connectivity index (χ0n) is 17.4. The molecule has 8 nitrogen and oxygen atoms in total. The molecule has 3 heterocycles. The second-order valence-electron chi connectivity index (χ2n) is 7.86. The molecule has 0 radical (unpaired) electrons. The third-order valence-electron chi connectivity index (χ3n) is 5.84. The first-order valence-corrected chi connectivity index (χ1v) is 10.3. The zero-order chi connectivity index (χ0) is 22.2. The first kappa shape index (κ1) is 20.1. The van der Waals surface area contributed by atoms with Gasteiger partial charge in [-0.15, -0.1) is 5.10 Å². The van der Waals surface area contributed by atoms with Gasteiger partial charge >= 0.3 is 0 Å². The summed E-state index contributed by atoms with van der Waals surface area (Å²) in [5.74, 6) is -0.382. The lowest BCUT2D eigenvalue weighted by atomic mass is 10.1. The van der Waals surface area contributed by atoms with E-state index >= 15 is 0 Å². The highest BCUT2D eigenvalue weighted by atomic mass is 19.1. The quantitative estimate of drug-likeness (QED) is 0.516. The van der Waals surface area contributed by atoms with E-state index in [0.29, 0.717) is 46.0 Å². The fourth-order valence-corrected chi connectivity index (χ4v) is 4.00. The van der Waals surface area contributed by atoms with Gasteiger partial charge in [-0.3, -0.25) is 9.59 Å². The van der Waals surface area contributed by atoms with Crippen molar-refractivity contribution in [3.63, 3.8) is 0 Å². The number of hydrogen-bond donors (Lipinski definition) is 2. The minimum atomic E-state index is -0.385. The molecule has 32 heavy (non-hydrogen) atoms. The van der Waals surface area contributed by atoms with Crippen LogP contribution in [0.4, 0.5) is 4.39 Å². The van der Waals surface area contributed by atoms with Crippen molar-refractivity contribution in [2.24, 2.45) is 0 Å². The van der Waals surface area contributed by atoms with Crippen LogP contribution in [0.3, 0.4) is 0 Å². The first-order valence-electron chi connectivity index (χ1n) is 10.3. The second kappa shape index (κ2) is 8.01.